The van der Waals surface area contributed by atoms with Crippen LogP contribution in [0.4, 0.5) is 11.4 Å². The summed E-state index contributed by atoms with van der Waals surface area (Å²) in [5.74, 6) is 7.08. The summed E-state index contributed by atoms with van der Waals surface area (Å²) in [5.41, 5.74) is 9.78. The van der Waals surface area contributed by atoms with Gasteiger partial charge in [-0.25, -0.2) is 0 Å². The van der Waals surface area contributed by atoms with Gasteiger partial charge < -0.3 is 9.80 Å². The van der Waals surface area contributed by atoms with E-state index in [1.54, 1.807) is 11.4 Å². The third-order valence-electron chi connectivity index (χ3n) is 20.6. The van der Waals surface area contributed by atoms with Crippen LogP contribution in [0.15, 0.2) is 158 Å². The monoisotopic (exact) mass is 1130 g/mol. The van der Waals surface area contributed by atoms with Crippen LogP contribution in [0.3, 0.4) is 0 Å². The van der Waals surface area contributed by atoms with Gasteiger partial charge in [0.15, 0.2) is 0 Å². The highest BCUT2D eigenvalue weighted by Gasteiger charge is 2.65. The summed E-state index contributed by atoms with van der Waals surface area (Å²) >= 11 is 0. The maximum Gasteiger partial charge on any atom is 0.0635 e. The lowest BCUT2D eigenvalue weighted by Gasteiger charge is -2.53. The highest BCUT2D eigenvalue weighted by atomic mass is 31.1. The predicted octanol–water partition coefficient (Wildman–Crippen LogP) is 20.9. The van der Waals surface area contributed by atoms with Gasteiger partial charge in [-0.05, 0) is 185 Å². The molecular weight excluding hydrogens is 1030 g/mol. The van der Waals surface area contributed by atoms with E-state index in [1.165, 1.54) is 94.8 Å². The molecular formula is C78H108N2P2. The minimum Gasteiger partial charge on any atom is -0.358 e. The molecule has 2 saturated heterocycles. The van der Waals surface area contributed by atoms with Gasteiger partial charge in [0.05, 0.1) is 11.6 Å². The van der Waals surface area contributed by atoms with Gasteiger partial charge in [-0.3, -0.25) is 0 Å². The van der Waals surface area contributed by atoms with Crippen molar-refractivity contribution in [3.8, 4) is 0 Å². The molecule has 6 aromatic rings. The molecule has 2 heterocycles. The Hall–Kier alpha value is -4.22. The van der Waals surface area contributed by atoms with Crippen LogP contribution in [-0.4, -0.2) is 22.6 Å². The Morgan fingerprint density at radius 3 is 0.841 bits per heavy atom. The second kappa shape index (κ2) is 25.4. The van der Waals surface area contributed by atoms with E-state index in [9.17, 15) is 0 Å². The maximum absolute atomic E-state index is 3.04. The fourth-order valence-electron chi connectivity index (χ4n) is 17.8. The SMILES string of the molecule is CC(C)c1cccc(C(C)C)c1N1[C@H](P(c2ccccc2)c2ccccc2)[C@]2(C[C@H](C)CC[C@H]2C(C)C)CC1(C)C.CC(C)c1cccc(C(C)C)c1N1[C@H](P(c2ccccc2)c2ccccc2)[C@]2(C[C@H](C)CC[C@H]2C(C)C)CC1(C)C. The first kappa shape index (κ1) is 62.3. The standard InChI is InChI=1S/2C39H54NP/c2*1-27(2)33-21-16-22-34(28(3)4)36(33)40-37(41(31-17-12-10-13-18-31)32-19-14-11-15-20-32)39(26-38(40,8)9)25-30(7)23-24-35(39)29(5)6/h2*10-22,27-30,35,37H,23-26H2,1-9H3/t2*30-,35+,37-,39-/m11/s1. The van der Waals surface area contributed by atoms with Crippen molar-refractivity contribution in [1.29, 1.82) is 0 Å². The van der Waals surface area contributed by atoms with Gasteiger partial charge in [0.2, 0.25) is 0 Å². The number of para-hydroxylation sites is 2. The first-order chi connectivity index (χ1) is 39.0. The molecule has 0 amide bonds. The Balaban J connectivity index is 0.000000198. The smallest absolute Gasteiger partial charge is 0.0635 e. The number of benzene rings is 6. The first-order valence-electron chi connectivity index (χ1n) is 32.6. The molecule has 0 radical (unpaired) electrons. The van der Waals surface area contributed by atoms with Gasteiger partial charge in [0, 0.05) is 33.3 Å². The van der Waals surface area contributed by atoms with Gasteiger partial charge in [-0.1, -0.05) is 267 Å². The molecule has 2 spiro atoms. The quantitative estimate of drug-likeness (QED) is 0.100. The van der Waals surface area contributed by atoms with Crippen molar-refractivity contribution in [3.63, 3.8) is 0 Å². The van der Waals surface area contributed by atoms with Crippen LogP contribution < -0.4 is 31.0 Å². The second-order valence-electron chi connectivity index (χ2n) is 29.7. The summed E-state index contributed by atoms with van der Waals surface area (Å²) in [7, 11) is -1.31. The van der Waals surface area contributed by atoms with Crippen molar-refractivity contribution in [2.45, 2.75) is 222 Å². The summed E-state index contributed by atoms with van der Waals surface area (Å²) in [6.45, 7) is 44.6. The van der Waals surface area contributed by atoms with Crippen LogP contribution in [0.5, 0.6) is 0 Å². The fraction of sp³-hybridized carbons (Fsp3) is 0.538. The van der Waals surface area contributed by atoms with Crippen LogP contribution in [0.1, 0.15) is 222 Å². The fourth-order valence-corrected chi connectivity index (χ4v) is 24.7. The van der Waals surface area contributed by atoms with E-state index in [2.05, 4.69) is 292 Å². The topological polar surface area (TPSA) is 6.48 Å². The third kappa shape index (κ3) is 12.0. The molecule has 0 N–H and O–H groups in total. The second-order valence-corrected chi connectivity index (χ2v) is 34.2. The van der Waals surface area contributed by atoms with E-state index in [1.807, 2.05) is 0 Å². The minimum absolute atomic E-state index is 0.0493. The van der Waals surface area contributed by atoms with Crippen molar-refractivity contribution in [3.05, 3.63) is 180 Å². The van der Waals surface area contributed by atoms with E-state index in [-0.39, 0.29) is 21.9 Å². The van der Waals surface area contributed by atoms with Gasteiger partial charge >= 0.3 is 0 Å². The number of nitrogens with zero attached hydrogens (tertiary/aromatic N) is 2. The minimum atomic E-state index is -0.653. The zero-order valence-electron chi connectivity index (χ0n) is 54.4. The number of rotatable bonds is 14. The Morgan fingerprint density at radius 1 is 0.354 bits per heavy atom. The molecule has 10 rings (SSSR count). The summed E-state index contributed by atoms with van der Waals surface area (Å²) in [5, 5.41) is 6.09. The summed E-state index contributed by atoms with van der Waals surface area (Å²) in [6, 6.07) is 60.8. The van der Waals surface area contributed by atoms with E-state index < -0.39 is 15.8 Å². The lowest BCUT2D eigenvalue weighted by atomic mass is 9.58. The number of anilines is 2. The zero-order chi connectivity index (χ0) is 59.1. The van der Waals surface area contributed by atoms with Crippen LogP contribution in [0.2, 0.25) is 0 Å². The maximum atomic E-state index is 3.04. The largest absolute Gasteiger partial charge is 0.358 e. The molecule has 4 aliphatic rings. The molecule has 2 aliphatic carbocycles. The van der Waals surface area contributed by atoms with Crippen LogP contribution in [-0.2, 0) is 0 Å². The Bertz CT molecular complexity index is 2660. The molecule has 0 unspecified atom stereocenters. The summed E-state index contributed by atoms with van der Waals surface area (Å²) < 4.78 is 0. The lowest BCUT2D eigenvalue weighted by molar-refractivity contribution is 0.0372. The third-order valence-corrected chi connectivity index (χ3v) is 26.5. The highest BCUT2D eigenvalue weighted by molar-refractivity contribution is 7.74. The van der Waals surface area contributed by atoms with Crippen LogP contribution in [0, 0.1) is 46.3 Å². The molecule has 6 aromatic carbocycles. The molecule has 2 saturated carbocycles. The molecule has 8 atom stereocenters. The highest BCUT2D eigenvalue weighted by Crippen LogP contribution is 2.71. The van der Waals surface area contributed by atoms with Crippen molar-refractivity contribution in [1.82, 2.24) is 0 Å². The van der Waals surface area contributed by atoms with Crippen molar-refractivity contribution < 1.29 is 0 Å². The van der Waals surface area contributed by atoms with Gasteiger partial charge in [0.25, 0.3) is 0 Å². The van der Waals surface area contributed by atoms with E-state index in [0.29, 0.717) is 47.1 Å². The number of hydrogen-bond donors (Lipinski definition) is 0. The van der Waals surface area contributed by atoms with Crippen LogP contribution >= 0.6 is 15.8 Å². The molecule has 0 aromatic heterocycles. The molecule has 0 bridgehead atoms. The molecule has 82 heavy (non-hydrogen) atoms. The van der Waals surface area contributed by atoms with Crippen molar-refractivity contribution in [2.75, 3.05) is 9.80 Å². The first-order valence-corrected chi connectivity index (χ1v) is 35.4. The lowest BCUT2D eigenvalue weighted by Crippen LogP contribution is -2.52. The van der Waals surface area contributed by atoms with E-state index in [4.69, 9.17) is 0 Å². The summed E-state index contributed by atoms with van der Waals surface area (Å²) in [4.78, 5) is 6.08. The summed E-state index contributed by atoms with van der Waals surface area (Å²) in [6.07, 6.45) is 10.6. The van der Waals surface area contributed by atoms with Crippen LogP contribution in [0.25, 0.3) is 0 Å². The predicted molar refractivity (Wildman–Crippen MR) is 365 cm³/mol. The zero-order valence-corrected chi connectivity index (χ0v) is 56.2. The van der Waals surface area contributed by atoms with Crippen molar-refractivity contribution in [2.24, 2.45) is 46.3 Å². The Morgan fingerprint density at radius 2 is 0.610 bits per heavy atom. The van der Waals surface area contributed by atoms with E-state index >= 15 is 0 Å². The molecule has 4 heteroatoms. The van der Waals surface area contributed by atoms with Gasteiger partial charge in [-0.15, -0.1) is 0 Å². The molecule has 4 fully saturated rings. The average Bonchev–Trinajstić information content (AvgIpc) is 3.78. The van der Waals surface area contributed by atoms with Gasteiger partial charge in [-0.2, -0.15) is 0 Å². The normalized spacial score (nSPS) is 26.2. The Kier molecular flexibility index (Phi) is 19.3. The molecule has 440 valence electrons. The molecule has 2 nitrogen and oxygen atoms in total. The van der Waals surface area contributed by atoms with Crippen molar-refractivity contribution >= 4 is 48.4 Å². The molecule has 2 aliphatic heterocycles. The average molecular weight is 1140 g/mol. The van der Waals surface area contributed by atoms with E-state index in [0.717, 1.165) is 23.7 Å². The van der Waals surface area contributed by atoms with Gasteiger partial charge in [0.1, 0.15) is 0 Å². The Labute approximate surface area is 504 Å². The number of hydrogen-bond acceptors (Lipinski definition) is 2.